The summed E-state index contributed by atoms with van der Waals surface area (Å²) in [5.41, 5.74) is 2.45. The van der Waals surface area contributed by atoms with E-state index in [0.717, 1.165) is 30.1 Å². The number of nitrogens with zero attached hydrogens (tertiary/aromatic N) is 3. The predicted octanol–water partition coefficient (Wildman–Crippen LogP) is 1.60. The smallest absolute Gasteiger partial charge is 0.272 e. The summed E-state index contributed by atoms with van der Waals surface area (Å²) in [6.07, 6.45) is 1.72. The molecule has 1 atom stereocenters. The van der Waals surface area contributed by atoms with Gasteiger partial charge in [0.2, 0.25) is 0 Å². The highest BCUT2D eigenvalue weighted by Crippen LogP contribution is 2.24. The number of methoxy groups -OCH3 is 1. The van der Waals surface area contributed by atoms with Crippen LogP contribution in [0.2, 0.25) is 0 Å². The van der Waals surface area contributed by atoms with Gasteiger partial charge in [0.15, 0.2) is 5.65 Å². The van der Waals surface area contributed by atoms with Crippen LogP contribution < -0.4 is 10.3 Å². The number of ether oxygens (including phenoxy) is 2. The first-order chi connectivity index (χ1) is 12.2. The van der Waals surface area contributed by atoms with Crippen molar-refractivity contribution in [2.45, 2.75) is 12.6 Å². The van der Waals surface area contributed by atoms with E-state index in [-0.39, 0.29) is 11.7 Å². The minimum atomic E-state index is -0.0926. The largest absolute Gasteiger partial charge is 0.497 e. The SMILES string of the molecule is COc1ccc(C2CN(Cc3cc(=O)n4[nH]ccc4n3)CCO2)cc1. The van der Waals surface area contributed by atoms with Gasteiger partial charge in [0.1, 0.15) is 5.75 Å². The lowest BCUT2D eigenvalue weighted by Gasteiger charge is -2.33. The Morgan fingerprint density at radius 2 is 2.16 bits per heavy atom. The summed E-state index contributed by atoms with van der Waals surface area (Å²) >= 11 is 0. The van der Waals surface area contributed by atoms with Gasteiger partial charge in [0.05, 0.1) is 25.5 Å². The Morgan fingerprint density at radius 1 is 1.32 bits per heavy atom. The molecule has 1 unspecified atom stereocenters. The Bertz CT molecular complexity index is 916. The van der Waals surface area contributed by atoms with Gasteiger partial charge in [0, 0.05) is 38.0 Å². The Labute approximate surface area is 144 Å². The molecule has 1 N–H and O–H groups in total. The zero-order chi connectivity index (χ0) is 17.2. The predicted molar refractivity (Wildman–Crippen MR) is 92.8 cm³/mol. The van der Waals surface area contributed by atoms with E-state index in [1.165, 1.54) is 4.52 Å². The fourth-order valence-corrected chi connectivity index (χ4v) is 3.15. The second-order valence-electron chi connectivity index (χ2n) is 6.11. The van der Waals surface area contributed by atoms with Crippen molar-refractivity contribution < 1.29 is 9.47 Å². The molecule has 7 heteroatoms. The number of rotatable bonds is 4. The molecule has 0 amide bonds. The van der Waals surface area contributed by atoms with Crippen LogP contribution in [0.3, 0.4) is 0 Å². The van der Waals surface area contributed by atoms with Crippen molar-refractivity contribution in [2.75, 3.05) is 26.8 Å². The monoisotopic (exact) mass is 340 g/mol. The Hall–Kier alpha value is -2.64. The number of aromatic nitrogens is 3. The van der Waals surface area contributed by atoms with Gasteiger partial charge >= 0.3 is 0 Å². The summed E-state index contributed by atoms with van der Waals surface area (Å²) in [4.78, 5) is 18.9. The van der Waals surface area contributed by atoms with E-state index in [1.807, 2.05) is 24.3 Å². The van der Waals surface area contributed by atoms with E-state index in [1.54, 1.807) is 25.4 Å². The fraction of sp³-hybridized carbons (Fsp3) is 0.333. The summed E-state index contributed by atoms with van der Waals surface area (Å²) in [6.45, 7) is 2.87. The van der Waals surface area contributed by atoms with Crippen LogP contribution in [-0.2, 0) is 11.3 Å². The molecule has 1 aliphatic rings. The van der Waals surface area contributed by atoms with Crippen LogP contribution >= 0.6 is 0 Å². The van der Waals surface area contributed by atoms with Gasteiger partial charge in [-0.25, -0.2) is 9.50 Å². The van der Waals surface area contributed by atoms with Crippen LogP contribution in [0.25, 0.3) is 5.65 Å². The van der Waals surface area contributed by atoms with E-state index >= 15 is 0 Å². The number of fused-ring (bicyclic) bond motifs is 1. The third-order valence-corrected chi connectivity index (χ3v) is 4.46. The molecular weight excluding hydrogens is 320 g/mol. The Balaban J connectivity index is 1.49. The minimum absolute atomic E-state index is 0.0109. The number of hydrogen-bond donors (Lipinski definition) is 1. The van der Waals surface area contributed by atoms with Gasteiger partial charge in [-0.2, -0.15) is 0 Å². The number of morpholine rings is 1. The molecule has 130 valence electrons. The number of benzene rings is 1. The van der Waals surface area contributed by atoms with Crippen LogP contribution in [0.4, 0.5) is 0 Å². The van der Waals surface area contributed by atoms with Crippen molar-refractivity contribution in [2.24, 2.45) is 0 Å². The van der Waals surface area contributed by atoms with E-state index < -0.39 is 0 Å². The molecule has 0 bridgehead atoms. The second-order valence-corrected chi connectivity index (χ2v) is 6.11. The maximum atomic E-state index is 12.1. The zero-order valence-corrected chi connectivity index (χ0v) is 14.0. The number of aromatic amines is 1. The van der Waals surface area contributed by atoms with Gasteiger partial charge in [-0.15, -0.1) is 0 Å². The minimum Gasteiger partial charge on any atom is -0.497 e. The second kappa shape index (κ2) is 6.70. The standard InChI is InChI=1S/C18H20N4O3/c1-24-15-4-2-13(3-5-15)16-12-21(8-9-25-16)11-14-10-18(23)22-17(20-14)6-7-19-22/h2-7,10,16,19H,8-9,11-12H2,1H3. The van der Waals surface area contributed by atoms with Gasteiger partial charge in [0.25, 0.3) is 5.56 Å². The normalized spacial score (nSPS) is 18.5. The summed E-state index contributed by atoms with van der Waals surface area (Å²) in [7, 11) is 1.66. The maximum Gasteiger partial charge on any atom is 0.272 e. The van der Waals surface area contributed by atoms with E-state index in [2.05, 4.69) is 15.0 Å². The Morgan fingerprint density at radius 3 is 2.96 bits per heavy atom. The highest BCUT2D eigenvalue weighted by atomic mass is 16.5. The molecule has 0 aliphatic carbocycles. The van der Waals surface area contributed by atoms with E-state index in [4.69, 9.17) is 9.47 Å². The first kappa shape index (κ1) is 15.9. The zero-order valence-electron chi connectivity index (χ0n) is 14.0. The summed E-state index contributed by atoms with van der Waals surface area (Å²) in [5.74, 6) is 0.834. The molecule has 2 aromatic heterocycles. The van der Waals surface area contributed by atoms with Crippen molar-refractivity contribution >= 4 is 5.65 Å². The number of hydrogen-bond acceptors (Lipinski definition) is 5. The van der Waals surface area contributed by atoms with Crippen molar-refractivity contribution in [1.82, 2.24) is 19.5 Å². The maximum absolute atomic E-state index is 12.1. The van der Waals surface area contributed by atoms with E-state index in [9.17, 15) is 4.79 Å². The molecular formula is C18H20N4O3. The van der Waals surface area contributed by atoms with Crippen LogP contribution in [0, 0.1) is 0 Å². The topological polar surface area (TPSA) is 71.9 Å². The third kappa shape index (κ3) is 3.29. The lowest BCUT2D eigenvalue weighted by Crippen LogP contribution is -2.38. The average molecular weight is 340 g/mol. The molecule has 1 saturated heterocycles. The van der Waals surface area contributed by atoms with Crippen molar-refractivity contribution in [1.29, 1.82) is 0 Å². The molecule has 1 fully saturated rings. The lowest BCUT2D eigenvalue weighted by molar-refractivity contribution is -0.0332. The van der Waals surface area contributed by atoms with Crippen molar-refractivity contribution in [3.8, 4) is 5.75 Å². The van der Waals surface area contributed by atoms with Gasteiger partial charge in [-0.05, 0) is 17.7 Å². The molecule has 1 aliphatic heterocycles. The van der Waals surface area contributed by atoms with Crippen LogP contribution in [0.1, 0.15) is 17.4 Å². The lowest BCUT2D eigenvalue weighted by atomic mass is 10.1. The van der Waals surface area contributed by atoms with Crippen LogP contribution in [0.5, 0.6) is 5.75 Å². The van der Waals surface area contributed by atoms with Gasteiger partial charge < -0.3 is 9.47 Å². The van der Waals surface area contributed by atoms with Crippen molar-refractivity contribution in [3.05, 3.63) is 64.2 Å². The first-order valence-corrected chi connectivity index (χ1v) is 8.27. The van der Waals surface area contributed by atoms with Crippen LogP contribution in [-0.4, -0.2) is 46.3 Å². The van der Waals surface area contributed by atoms with Crippen molar-refractivity contribution in [3.63, 3.8) is 0 Å². The van der Waals surface area contributed by atoms with Crippen LogP contribution in [0.15, 0.2) is 47.4 Å². The average Bonchev–Trinajstić information content (AvgIpc) is 3.11. The molecule has 0 spiro atoms. The quantitative estimate of drug-likeness (QED) is 0.781. The summed E-state index contributed by atoms with van der Waals surface area (Å²) in [5, 5.41) is 2.85. The highest BCUT2D eigenvalue weighted by Gasteiger charge is 2.22. The summed E-state index contributed by atoms with van der Waals surface area (Å²) < 4.78 is 12.5. The highest BCUT2D eigenvalue weighted by molar-refractivity contribution is 5.36. The molecule has 3 aromatic rings. The fourth-order valence-electron chi connectivity index (χ4n) is 3.15. The molecule has 7 nitrogen and oxygen atoms in total. The number of H-pyrrole nitrogens is 1. The molecule has 3 heterocycles. The molecule has 4 rings (SSSR count). The van der Waals surface area contributed by atoms with E-state index in [0.29, 0.717) is 18.8 Å². The molecule has 0 saturated carbocycles. The summed E-state index contributed by atoms with van der Waals surface area (Å²) in [6, 6.07) is 11.3. The molecule has 25 heavy (non-hydrogen) atoms. The third-order valence-electron chi connectivity index (χ3n) is 4.46. The molecule has 0 radical (unpaired) electrons. The van der Waals surface area contributed by atoms with Gasteiger partial charge in [-0.3, -0.25) is 14.8 Å². The number of nitrogens with one attached hydrogen (secondary N) is 1. The molecule has 1 aromatic carbocycles. The Kier molecular flexibility index (Phi) is 4.25. The van der Waals surface area contributed by atoms with Gasteiger partial charge in [-0.1, -0.05) is 12.1 Å². The first-order valence-electron chi connectivity index (χ1n) is 8.27.